The number of hydrogen-bond acceptors (Lipinski definition) is 5. The van der Waals surface area contributed by atoms with Gasteiger partial charge in [0.15, 0.2) is 0 Å². The van der Waals surface area contributed by atoms with Crippen molar-refractivity contribution in [1.29, 1.82) is 0 Å². The Labute approximate surface area is 197 Å². The first-order valence-corrected chi connectivity index (χ1v) is 10.9. The highest BCUT2D eigenvalue weighted by molar-refractivity contribution is 7.13. The molecule has 0 aliphatic heterocycles. The summed E-state index contributed by atoms with van der Waals surface area (Å²) in [6.07, 6.45) is 6.25. The number of anilines is 1. The lowest BCUT2D eigenvalue weighted by Gasteiger charge is -2.22. The minimum absolute atomic E-state index is 0. The summed E-state index contributed by atoms with van der Waals surface area (Å²) in [5.41, 5.74) is 4.03. The maximum absolute atomic E-state index is 4.56. The third kappa shape index (κ3) is 6.08. The van der Waals surface area contributed by atoms with Crippen LogP contribution in [-0.2, 0) is 13.6 Å². The second-order valence-electron chi connectivity index (χ2n) is 6.99. The molecule has 0 saturated carbocycles. The molecule has 0 spiro atoms. The van der Waals surface area contributed by atoms with E-state index in [1.165, 1.54) is 17.0 Å². The van der Waals surface area contributed by atoms with E-state index in [0.717, 1.165) is 36.6 Å². The zero-order chi connectivity index (χ0) is 20.8. The summed E-state index contributed by atoms with van der Waals surface area (Å²) >= 11 is 1.50. The van der Waals surface area contributed by atoms with Crippen LogP contribution in [-0.4, -0.2) is 22.6 Å². The van der Waals surface area contributed by atoms with Crippen LogP contribution in [0.25, 0.3) is 11.3 Å². The molecule has 0 amide bonds. The summed E-state index contributed by atoms with van der Waals surface area (Å²) < 4.78 is 4.25. The van der Waals surface area contributed by atoms with Gasteiger partial charge >= 0.3 is 0 Å². The van der Waals surface area contributed by atoms with Crippen molar-refractivity contribution in [3.05, 3.63) is 78.7 Å². The molecular formula is C23H25BrN6S. The van der Waals surface area contributed by atoms with Crippen molar-refractivity contribution in [3.8, 4) is 11.3 Å². The fourth-order valence-corrected chi connectivity index (χ4v) is 3.87. The Hall–Kier alpha value is -2.84. The molecular weight excluding hydrogens is 472 g/mol. The van der Waals surface area contributed by atoms with Crippen LogP contribution in [0.15, 0.2) is 88.9 Å². The number of azo groups is 1. The summed E-state index contributed by atoms with van der Waals surface area (Å²) in [7, 11) is 2.04. The molecule has 2 aromatic carbocycles. The Bertz CT molecular complexity index is 1100. The van der Waals surface area contributed by atoms with Crippen LogP contribution in [0.5, 0.6) is 0 Å². The summed E-state index contributed by atoms with van der Waals surface area (Å²) in [5.74, 6) is 0. The van der Waals surface area contributed by atoms with Crippen molar-refractivity contribution in [3.63, 3.8) is 0 Å². The lowest BCUT2D eigenvalue weighted by Crippen LogP contribution is -3.00. The van der Waals surface area contributed by atoms with Gasteiger partial charge in [-0.15, -0.1) is 21.6 Å². The maximum atomic E-state index is 4.56. The smallest absolute Gasteiger partial charge is 0.243 e. The van der Waals surface area contributed by atoms with Crippen LogP contribution in [0, 0.1) is 0 Å². The maximum Gasteiger partial charge on any atom is 0.243 e. The van der Waals surface area contributed by atoms with E-state index in [-0.39, 0.29) is 17.0 Å². The van der Waals surface area contributed by atoms with Gasteiger partial charge in [-0.3, -0.25) is 0 Å². The largest absolute Gasteiger partial charge is 1.00 e. The second-order valence-corrected chi connectivity index (χ2v) is 7.83. The third-order valence-electron chi connectivity index (χ3n) is 4.86. The molecule has 6 nitrogen and oxygen atoms in total. The van der Waals surface area contributed by atoms with Crippen LogP contribution in [0.3, 0.4) is 0 Å². The normalized spacial score (nSPS) is 10.9. The van der Waals surface area contributed by atoms with Crippen molar-refractivity contribution < 1.29 is 21.5 Å². The molecule has 0 aliphatic carbocycles. The van der Waals surface area contributed by atoms with Gasteiger partial charge in [0.25, 0.3) is 0 Å². The number of aromatic nitrogens is 3. The summed E-state index contributed by atoms with van der Waals surface area (Å²) in [6.45, 7) is 5.03. The van der Waals surface area contributed by atoms with Crippen LogP contribution >= 0.6 is 11.3 Å². The highest BCUT2D eigenvalue weighted by atomic mass is 79.9. The quantitative estimate of drug-likeness (QED) is 0.277. The molecule has 0 atom stereocenters. The van der Waals surface area contributed by atoms with Crippen LogP contribution in [0.4, 0.5) is 16.5 Å². The SMILES string of the molecule is CCN(CCn1cc[n+](C)c1)c1ccc(N=Nc2nc(-c3ccccc3)cs2)cc1.[Br-]. The van der Waals surface area contributed by atoms with Gasteiger partial charge in [0.05, 0.1) is 25.0 Å². The van der Waals surface area contributed by atoms with E-state index < -0.39 is 0 Å². The summed E-state index contributed by atoms with van der Waals surface area (Å²) in [4.78, 5) is 6.91. The Balaban J connectivity index is 0.00000272. The number of nitrogens with zero attached hydrogens (tertiary/aromatic N) is 6. The van der Waals surface area contributed by atoms with E-state index in [1.807, 2.05) is 54.9 Å². The van der Waals surface area contributed by atoms with Crippen molar-refractivity contribution in [2.24, 2.45) is 17.3 Å². The van der Waals surface area contributed by atoms with E-state index in [2.05, 4.69) is 67.0 Å². The van der Waals surface area contributed by atoms with E-state index in [1.54, 1.807) is 0 Å². The number of likely N-dealkylation sites (N-methyl/N-ethyl adjacent to an activating group) is 1. The summed E-state index contributed by atoms with van der Waals surface area (Å²) in [5, 5.41) is 11.3. The molecule has 0 bridgehead atoms. The highest BCUT2D eigenvalue weighted by Gasteiger charge is 2.08. The minimum Gasteiger partial charge on any atom is -1.00 e. The van der Waals surface area contributed by atoms with Crippen LogP contribution < -0.4 is 26.4 Å². The van der Waals surface area contributed by atoms with Gasteiger partial charge in [-0.1, -0.05) is 30.3 Å². The zero-order valence-electron chi connectivity index (χ0n) is 17.6. The number of hydrogen-bond donors (Lipinski definition) is 0. The number of thiazole rings is 1. The molecule has 0 fully saturated rings. The average molecular weight is 497 g/mol. The first-order chi connectivity index (χ1) is 14.7. The van der Waals surface area contributed by atoms with Crippen LogP contribution in [0.2, 0.25) is 0 Å². The topological polar surface area (TPSA) is 49.7 Å². The molecule has 160 valence electrons. The monoisotopic (exact) mass is 496 g/mol. The van der Waals surface area contributed by atoms with Gasteiger partial charge in [0, 0.05) is 23.2 Å². The average Bonchev–Trinajstić information content (AvgIpc) is 3.43. The first-order valence-electron chi connectivity index (χ1n) is 10.00. The van der Waals surface area contributed by atoms with Gasteiger partial charge in [0.1, 0.15) is 18.9 Å². The molecule has 0 N–H and O–H groups in total. The Morgan fingerprint density at radius 2 is 1.84 bits per heavy atom. The minimum atomic E-state index is 0. The van der Waals surface area contributed by atoms with Gasteiger partial charge < -0.3 is 21.9 Å². The molecule has 8 heteroatoms. The molecule has 4 rings (SSSR count). The lowest BCUT2D eigenvalue weighted by molar-refractivity contribution is -0.671. The van der Waals surface area contributed by atoms with Crippen molar-refractivity contribution in [2.45, 2.75) is 13.5 Å². The molecule has 0 unspecified atom stereocenters. The fraction of sp³-hybridized carbons (Fsp3) is 0.217. The number of aryl methyl sites for hydroxylation is 1. The number of halogens is 1. The standard InChI is InChI=1S/C23H25N6S.BrH/c1-3-29(16-15-28-14-13-27(2)18-28)21-11-9-20(10-12-21)25-26-23-24-22(17-30-23)19-7-5-4-6-8-19;/h4-14,17-18H,3,15-16H2,1-2H3;1H/q+1;/p-1. The predicted octanol–water partition coefficient (Wildman–Crippen LogP) is 2.38. The van der Waals surface area contributed by atoms with Gasteiger partial charge in [-0.2, -0.15) is 0 Å². The Kier molecular flexibility index (Phi) is 8.08. The van der Waals surface area contributed by atoms with Crippen molar-refractivity contribution in [2.75, 3.05) is 18.0 Å². The molecule has 0 aliphatic rings. The number of imidazole rings is 1. The first kappa shape index (κ1) is 22.8. The second kappa shape index (κ2) is 11.0. The third-order valence-corrected chi connectivity index (χ3v) is 5.59. The Morgan fingerprint density at radius 3 is 2.52 bits per heavy atom. The van der Waals surface area contributed by atoms with E-state index in [4.69, 9.17) is 0 Å². The van der Waals surface area contributed by atoms with Gasteiger partial charge in [0.2, 0.25) is 11.5 Å². The molecule has 0 radical (unpaired) electrons. The molecule has 4 aromatic rings. The number of rotatable bonds is 8. The summed E-state index contributed by atoms with van der Waals surface area (Å²) in [6, 6.07) is 18.3. The zero-order valence-corrected chi connectivity index (χ0v) is 20.0. The number of benzene rings is 2. The fourth-order valence-electron chi connectivity index (χ4n) is 3.22. The van der Waals surface area contributed by atoms with Crippen molar-refractivity contribution >= 4 is 27.8 Å². The van der Waals surface area contributed by atoms with Crippen molar-refractivity contribution in [1.82, 2.24) is 9.55 Å². The molecule has 31 heavy (non-hydrogen) atoms. The van der Waals surface area contributed by atoms with Gasteiger partial charge in [-0.05, 0) is 31.2 Å². The highest BCUT2D eigenvalue weighted by Crippen LogP contribution is 2.28. The van der Waals surface area contributed by atoms with Gasteiger partial charge in [-0.25, -0.2) is 14.1 Å². The molecule has 2 aromatic heterocycles. The van der Waals surface area contributed by atoms with Crippen LogP contribution in [0.1, 0.15) is 6.92 Å². The molecule has 0 saturated heterocycles. The lowest BCUT2D eigenvalue weighted by atomic mass is 10.2. The van der Waals surface area contributed by atoms with E-state index in [9.17, 15) is 0 Å². The molecule has 2 heterocycles. The van der Waals surface area contributed by atoms with E-state index >= 15 is 0 Å². The Morgan fingerprint density at radius 1 is 1.06 bits per heavy atom. The predicted molar refractivity (Wildman–Crippen MR) is 122 cm³/mol. The van der Waals surface area contributed by atoms with E-state index in [0.29, 0.717) is 5.13 Å².